The van der Waals surface area contributed by atoms with Crippen molar-refractivity contribution in [3.8, 4) is 0 Å². The Kier molecular flexibility index (Phi) is 8.10. The zero-order valence-electron chi connectivity index (χ0n) is 14.6. The van der Waals surface area contributed by atoms with Crippen molar-refractivity contribution in [2.75, 3.05) is 19.6 Å². The average molecular weight is 295 g/mol. The minimum absolute atomic E-state index is 0.762. The van der Waals surface area contributed by atoms with Gasteiger partial charge in [0.15, 0.2) is 0 Å². The summed E-state index contributed by atoms with van der Waals surface area (Å²) < 4.78 is 0. The van der Waals surface area contributed by atoms with Gasteiger partial charge in [0.25, 0.3) is 0 Å². The summed E-state index contributed by atoms with van der Waals surface area (Å²) in [6.45, 7) is 8.56. The van der Waals surface area contributed by atoms with Crippen molar-refractivity contribution in [3.05, 3.63) is 0 Å². The molecule has 0 aromatic heterocycles. The lowest BCUT2D eigenvalue weighted by molar-refractivity contribution is 0.0863. The molecule has 2 heteroatoms. The van der Waals surface area contributed by atoms with Crippen molar-refractivity contribution in [2.45, 2.75) is 96.6 Å². The topological polar surface area (TPSA) is 15.3 Å². The number of hydrogen-bond donors (Lipinski definition) is 1. The fourth-order valence-corrected chi connectivity index (χ4v) is 4.48. The molecule has 2 nitrogen and oxygen atoms in total. The van der Waals surface area contributed by atoms with Gasteiger partial charge in [0.2, 0.25) is 0 Å². The van der Waals surface area contributed by atoms with Crippen molar-refractivity contribution in [1.29, 1.82) is 0 Å². The molecule has 1 N–H and O–H groups in total. The van der Waals surface area contributed by atoms with Crippen LogP contribution < -0.4 is 5.32 Å². The fraction of sp³-hybridized carbons (Fsp3) is 1.00. The first kappa shape index (κ1) is 17.3. The van der Waals surface area contributed by atoms with E-state index in [2.05, 4.69) is 24.1 Å². The second kappa shape index (κ2) is 9.84. The monoisotopic (exact) mass is 294 g/mol. The highest BCUT2D eigenvalue weighted by molar-refractivity contribution is 4.91. The third-order valence-corrected chi connectivity index (χ3v) is 5.64. The summed E-state index contributed by atoms with van der Waals surface area (Å²) >= 11 is 0. The van der Waals surface area contributed by atoms with Crippen molar-refractivity contribution in [1.82, 2.24) is 10.2 Å². The van der Waals surface area contributed by atoms with Crippen molar-refractivity contribution in [2.24, 2.45) is 5.92 Å². The zero-order valence-corrected chi connectivity index (χ0v) is 14.6. The zero-order chi connectivity index (χ0) is 14.9. The minimum atomic E-state index is 0.762. The second-order valence-corrected chi connectivity index (χ2v) is 7.40. The van der Waals surface area contributed by atoms with E-state index < -0.39 is 0 Å². The molecule has 1 aliphatic carbocycles. The molecule has 0 amide bonds. The summed E-state index contributed by atoms with van der Waals surface area (Å²) in [7, 11) is 0. The van der Waals surface area contributed by atoms with Gasteiger partial charge in [0, 0.05) is 12.1 Å². The van der Waals surface area contributed by atoms with Gasteiger partial charge in [-0.15, -0.1) is 0 Å². The highest BCUT2D eigenvalue weighted by Gasteiger charge is 2.33. The Labute approximate surface area is 133 Å². The summed E-state index contributed by atoms with van der Waals surface area (Å²) in [4.78, 5) is 2.87. The van der Waals surface area contributed by atoms with Gasteiger partial charge in [0.1, 0.15) is 0 Å². The van der Waals surface area contributed by atoms with Gasteiger partial charge >= 0.3 is 0 Å². The van der Waals surface area contributed by atoms with Gasteiger partial charge in [-0.05, 0) is 64.1 Å². The summed E-state index contributed by atoms with van der Waals surface area (Å²) in [5.41, 5.74) is 0. The Morgan fingerprint density at radius 2 is 1.62 bits per heavy atom. The largest absolute Gasteiger partial charge is 0.312 e. The Hall–Kier alpha value is -0.0800. The Morgan fingerprint density at radius 3 is 2.29 bits per heavy atom. The van der Waals surface area contributed by atoms with E-state index in [1.165, 1.54) is 90.3 Å². The maximum atomic E-state index is 3.88. The van der Waals surface area contributed by atoms with E-state index in [1.807, 2.05) is 0 Å². The molecule has 2 aliphatic rings. The van der Waals surface area contributed by atoms with Crippen LogP contribution in [0.1, 0.15) is 84.5 Å². The Bertz CT molecular complexity index is 258. The lowest BCUT2D eigenvalue weighted by Crippen LogP contribution is -2.54. The highest BCUT2D eigenvalue weighted by Crippen LogP contribution is 2.32. The predicted molar refractivity (Wildman–Crippen MR) is 92.8 cm³/mol. The lowest BCUT2D eigenvalue weighted by Gasteiger charge is -2.44. The SMILES string of the molecule is CCCNC1CCC(CCC)CC1N1CCCCCCC1. The minimum Gasteiger partial charge on any atom is -0.312 e. The van der Waals surface area contributed by atoms with E-state index in [0.717, 1.165) is 18.0 Å². The number of nitrogens with one attached hydrogen (secondary N) is 1. The first-order chi connectivity index (χ1) is 10.3. The van der Waals surface area contributed by atoms with Crippen LogP contribution in [0.25, 0.3) is 0 Å². The van der Waals surface area contributed by atoms with Crippen molar-refractivity contribution in [3.63, 3.8) is 0 Å². The molecule has 0 radical (unpaired) electrons. The van der Waals surface area contributed by atoms with E-state index in [9.17, 15) is 0 Å². The maximum Gasteiger partial charge on any atom is 0.0251 e. The maximum absolute atomic E-state index is 3.88. The van der Waals surface area contributed by atoms with Crippen LogP contribution in [0, 0.1) is 5.92 Å². The summed E-state index contributed by atoms with van der Waals surface area (Å²) in [6.07, 6.45) is 15.6. The van der Waals surface area contributed by atoms with Crippen LogP contribution in [0.3, 0.4) is 0 Å². The third-order valence-electron chi connectivity index (χ3n) is 5.64. The van der Waals surface area contributed by atoms with E-state index in [-0.39, 0.29) is 0 Å². The second-order valence-electron chi connectivity index (χ2n) is 7.40. The molecule has 0 bridgehead atoms. The van der Waals surface area contributed by atoms with E-state index >= 15 is 0 Å². The quantitative estimate of drug-likeness (QED) is 0.771. The molecule has 2 rings (SSSR count). The van der Waals surface area contributed by atoms with Crippen LogP contribution in [-0.2, 0) is 0 Å². The number of hydrogen-bond acceptors (Lipinski definition) is 2. The summed E-state index contributed by atoms with van der Waals surface area (Å²) in [5.74, 6) is 0.991. The van der Waals surface area contributed by atoms with Crippen LogP contribution in [0.15, 0.2) is 0 Å². The fourth-order valence-electron chi connectivity index (χ4n) is 4.48. The lowest BCUT2D eigenvalue weighted by atomic mass is 9.79. The van der Waals surface area contributed by atoms with Gasteiger partial charge < -0.3 is 5.32 Å². The number of likely N-dealkylation sites (tertiary alicyclic amines) is 1. The van der Waals surface area contributed by atoms with Crippen LogP contribution in [0.5, 0.6) is 0 Å². The van der Waals surface area contributed by atoms with Crippen molar-refractivity contribution >= 4 is 0 Å². The van der Waals surface area contributed by atoms with Gasteiger partial charge in [-0.25, -0.2) is 0 Å². The Balaban J connectivity index is 1.96. The van der Waals surface area contributed by atoms with E-state index in [1.54, 1.807) is 0 Å². The van der Waals surface area contributed by atoms with Crippen LogP contribution in [-0.4, -0.2) is 36.6 Å². The first-order valence-corrected chi connectivity index (χ1v) is 9.82. The van der Waals surface area contributed by atoms with Gasteiger partial charge in [-0.2, -0.15) is 0 Å². The molecule has 21 heavy (non-hydrogen) atoms. The number of nitrogens with zero attached hydrogens (tertiary/aromatic N) is 1. The molecule has 1 heterocycles. The number of rotatable bonds is 6. The van der Waals surface area contributed by atoms with Crippen LogP contribution in [0.2, 0.25) is 0 Å². The normalized spacial score (nSPS) is 32.6. The molecular weight excluding hydrogens is 256 g/mol. The van der Waals surface area contributed by atoms with Gasteiger partial charge in [0.05, 0.1) is 0 Å². The molecule has 124 valence electrons. The molecule has 1 saturated carbocycles. The summed E-state index contributed by atoms with van der Waals surface area (Å²) in [5, 5.41) is 3.88. The molecular formula is C19H38N2. The predicted octanol–water partition coefficient (Wildman–Crippen LogP) is 4.59. The summed E-state index contributed by atoms with van der Waals surface area (Å²) in [6, 6.07) is 1.58. The van der Waals surface area contributed by atoms with E-state index in [4.69, 9.17) is 0 Å². The molecule has 3 atom stereocenters. The molecule has 2 fully saturated rings. The molecule has 0 spiro atoms. The first-order valence-electron chi connectivity index (χ1n) is 9.82. The molecule has 0 aromatic rings. The highest BCUT2D eigenvalue weighted by atomic mass is 15.2. The van der Waals surface area contributed by atoms with Crippen molar-refractivity contribution < 1.29 is 0 Å². The molecule has 1 saturated heterocycles. The van der Waals surface area contributed by atoms with E-state index in [0.29, 0.717) is 0 Å². The standard InChI is InChI=1S/C19H38N2/c1-3-10-17-11-12-18(20-13-4-2)19(16-17)21-14-8-6-5-7-9-15-21/h17-20H,3-16H2,1-2H3. The Morgan fingerprint density at radius 1 is 0.905 bits per heavy atom. The third kappa shape index (κ3) is 5.56. The molecule has 3 unspecified atom stereocenters. The van der Waals surface area contributed by atoms with Gasteiger partial charge in [-0.3, -0.25) is 4.90 Å². The van der Waals surface area contributed by atoms with Crippen LogP contribution in [0.4, 0.5) is 0 Å². The molecule has 1 aliphatic heterocycles. The smallest absolute Gasteiger partial charge is 0.0251 e. The average Bonchev–Trinajstić information content (AvgIpc) is 2.46. The van der Waals surface area contributed by atoms with Gasteiger partial charge in [-0.1, -0.05) is 46.0 Å². The van der Waals surface area contributed by atoms with Crippen LogP contribution >= 0.6 is 0 Å². The molecule has 0 aromatic carbocycles.